The number of hydrogen-bond donors (Lipinski definition) is 0. The van der Waals surface area contributed by atoms with Crippen LogP contribution in [-0.4, -0.2) is 35.3 Å². The molecular formula is C11H15ClN2O. The average molecular weight is 227 g/mol. The van der Waals surface area contributed by atoms with Gasteiger partial charge < -0.3 is 4.90 Å². The Labute approximate surface area is 95.1 Å². The second kappa shape index (κ2) is 6.53. The van der Waals surface area contributed by atoms with Crippen LogP contribution in [0.5, 0.6) is 0 Å². The van der Waals surface area contributed by atoms with Crippen LogP contribution in [-0.2, 0) is 11.2 Å². The Bertz CT molecular complexity index is 303. The monoisotopic (exact) mass is 226 g/mol. The van der Waals surface area contributed by atoms with E-state index in [1.165, 1.54) is 5.56 Å². The number of carbonyl (C=O) groups excluding carboxylic acids is 1. The fraction of sp³-hybridized carbons (Fsp3) is 0.455. The predicted octanol–water partition coefficient (Wildman–Crippen LogP) is 1.71. The highest BCUT2D eigenvalue weighted by Gasteiger charge is 2.02. The van der Waals surface area contributed by atoms with E-state index in [0.29, 0.717) is 13.0 Å². The van der Waals surface area contributed by atoms with Crippen molar-refractivity contribution in [2.24, 2.45) is 0 Å². The van der Waals surface area contributed by atoms with E-state index in [0.717, 1.165) is 13.0 Å². The Morgan fingerprint density at radius 2 is 2.07 bits per heavy atom. The van der Waals surface area contributed by atoms with Crippen LogP contribution in [0.25, 0.3) is 0 Å². The minimum absolute atomic E-state index is 0.272. The van der Waals surface area contributed by atoms with Crippen molar-refractivity contribution in [3.63, 3.8) is 0 Å². The van der Waals surface area contributed by atoms with Crippen molar-refractivity contribution in [2.75, 3.05) is 20.1 Å². The number of halogens is 1. The third-order valence-electron chi connectivity index (χ3n) is 2.22. The predicted molar refractivity (Wildman–Crippen MR) is 60.9 cm³/mol. The number of nitrogens with zero attached hydrogens (tertiary/aromatic N) is 2. The molecule has 0 atom stereocenters. The Kier molecular flexibility index (Phi) is 5.29. The standard InChI is InChI=1S/C11H15ClN2O/c1-14(9-5-11(12)15)8-4-10-2-6-13-7-3-10/h2-3,6-7H,4-5,8-9H2,1H3. The van der Waals surface area contributed by atoms with Gasteiger partial charge in [-0.1, -0.05) is 0 Å². The van der Waals surface area contributed by atoms with Crippen molar-refractivity contribution in [2.45, 2.75) is 12.8 Å². The molecule has 0 saturated carbocycles. The van der Waals surface area contributed by atoms with Crippen LogP contribution in [0.4, 0.5) is 0 Å². The van der Waals surface area contributed by atoms with Gasteiger partial charge in [-0.05, 0) is 42.8 Å². The lowest BCUT2D eigenvalue weighted by Crippen LogP contribution is -2.23. The van der Waals surface area contributed by atoms with E-state index in [-0.39, 0.29) is 5.24 Å². The second-order valence-electron chi connectivity index (χ2n) is 3.51. The molecule has 0 spiro atoms. The van der Waals surface area contributed by atoms with Crippen molar-refractivity contribution in [1.82, 2.24) is 9.88 Å². The fourth-order valence-corrected chi connectivity index (χ4v) is 1.34. The van der Waals surface area contributed by atoms with Crippen LogP contribution >= 0.6 is 11.6 Å². The molecule has 15 heavy (non-hydrogen) atoms. The number of carbonyl (C=O) groups is 1. The van der Waals surface area contributed by atoms with Gasteiger partial charge in [0, 0.05) is 31.9 Å². The van der Waals surface area contributed by atoms with E-state index in [9.17, 15) is 4.79 Å². The number of likely N-dealkylation sites (N-methyl/N-ethyl adjacent to an activating group) is 1. The topological polar surface area (TPSA) is 33.2 Å². The van der Waals surface area contributed by atoms with Gasteiger partial charge in [-0.15, -0.1) is 0 Å². The van der Waals surface area contributed by atoms with Gasteiger partial charge in [-0.25, -0.2) is 0 Å². The number of hydrogen-bond acceptors (Lipinski definition) is 3. The molecule has 0 aliphatic carbocycles. The number of rotatable bonds is 6. The largest absolute Gasteiger partial charge is 0.306 e. The van der Waals surface area contributed by atoms with Crippen molar-refractivity contribution in [3.05, 3.63) is 30.1 Å². The Hall–Kier alpha value is -0.930. The van der Waals surface area contributed by atoms with Gasteiger partial charge in [-0.3, -0.25) is 9.78 Å². The summed E-state index contributed by atoms with van der Waals surface area (Å²) in [6.45, 7) is 1.64. The molecule has 0 fully saturated rings. The number of pyridine rings is 1. The van der Waals surface area contributed by atoms with E-state index >= 15 is 0 Å². The fourth-order valence-electron chi connectivity index (χ4n) is 1.26. The summed E-state index contributed by atoms with van der Waals surface area (Å²) in [7, 11) is 1.99. The van der Waals surface area contributed by atoms with E-state index in [1.807, 2.05) is 19.2 Å². The van der Waals surface area contributed by atoms with Gasteiger partial charge in [-0.2, -0.15) is 0 Å². The van der Waals surface area contributed by atoms with Gasteiger partial charge in [0.2, 0.25) is 5.24 Å². The first-order chi connectivity index (χ1) is 7.18. The summed E-state index contributed by atoms with van der Waals surface area (Å²) in [6.07, 6.45) is 4.96. The first-order valence-electron chi connectivity index (χ1n) is 4.94. The molecule has 1 rings (SSSR count). The normalized spacial score (nSPS) is 10.6. The second-order valence-corrected chi connectivity index (χ2v) is 3.94. The first kappa shape index (κ1) is 12.1. The Morgan fingerprint density at radius 3 is 2.67 bits per heavy atom. The highest BCUT2D eigenvalue weighted by atomic mass is 35.5. The van der Waals surface area contributed by atoms with Crippen molar-refractivity contribution in [3.8, 4) is 0 Å². The van der Waals surface area contributed by atoms with Crippen LogP contribution in [0.3, 0.4) is 0 Å². The molecule has 0 bridgehead atoms. The summed E-state index contributed by atoms with van der Waals surface area (Å²) >= 11 is 5.27. The third kappa shape index (κ3) is 5.50. The molecule has 0 N–H and O–H groups in total. The zero-order valence-electron chi connectivity index (χ0n) is 8.82. The van der Waals surface area contributed by atoms with E-state index in [2.05, 4.69) is 9.88 Å². The van der Waals surface area contributed by atoms with Crippen molar-refractivity contribution in [1.29, 1.82) is 0 Å². The highest BCUT2D eigenvalue weighted by Crippen LogP contribution is 2.00. The summed E-state index contributed by atoms with van der Waals surface area (Å²) in [4.78, 5) is 16.6. The maximum absolute atomic E-state index is 10.6. The molecule has 3 nitrogen and oxygen atoms in total. The molecule has 0 aliphatic rings. The van der Waals surface area contributed by atoms with Crippen LogP contribution in [0.2, 0.25) is 0 Å². The van der Waals surface area contributed by atoms with E-state index < -0.39 is 0 Å². The molecule has 1 aromatic heterocycles. The molecule has 0 radical (unpaired) electrons. The van der Waals surface area contributed by atoms with Crippen molar-refractivity contribution >= 4 is 16.8 Å². The third-order valence-corrected chi connectivity index (χ3v) is 2.41. The first-order valence-corrected chi connectivity index (χ1v) is 5.32. The summed E-state index contributed by atoms with van der Waals surface area (Å²) < 4.78 is 0. The van der Waals surface area contributed by atoms with Gasteiger partial charge in [0.1, 0.15) is 0 Å². The lowest BCUT2D eigenvalue weighted by atomic mass is 10.2. The van der Waals surface area contributed by atoms with Crippen molar-refractivity contribution < 1.29 is 4.79 Å². The Balaban J connectivity index is 2.22. The molecule has 4 heteroatoms. The zero-order chi connectivity index (χ0) is 11.1. The van der Waals surface area contributed by atoms with Gasteiger partial charge >= 0.3 is 0 Å². The lowest BCUT2D eigenvalue weighted by Gasteiger charge is -2.14. The molecule has 0 unspecified atom stereocenters. The summed E-state index contributed by atoms with van der Waals surface area (Å²) in [6, 6.07) is 4.00. The molecule has 1 heterocycles. The van der Waals surface area contributed by atoms with Crippen LogP contribution < -0.4 is 0 Å². The maximum Gasteiger partial charge on any atom is 0.222 e. The maximum atomic E-state index is 10.6. The van der Waals surface area contributed by atoms with Crippen LogP contribution in [0.15, 0.2) is 24.5 Å². The zero-order valence-corrected chi connectivity index (χ0v) is 9.57. The van der Waals surface area contributed by atoms with E-state index in [4.69, 9.17) is 11.6 Å². The Morgan fingerprint density at radius 1 is 1.40 bits per heavy atom. The van der Waals surface area contributed by atoms with Gasteiger partial charge in [0.25, 0.3) is 0 Å². The highest BCUT2D eigenvalue weighted by molar-refractivity contribution is 6.63. The quantitative estimate of drug-likeness (QED) is 0.693. The molecule has 0 saturated heterocycles. The summed E-state index contributed by atoms with van der Waals surface area (Å²) in [5.74, 6) is 0. The van der Waals surface area contributed by atoms with Gasteiger partial charge in [0.05, 0.1) is 0 Å². The summed E-state index contributed by atoms with van der Waals surface area (Å²) in [5, 5.41) is -0.272. The average Bonchev–Trinajstić information content (AvgIpc) is 2.25. The number of aromatic nitrogens is 1. The smallest absolute Gasteiger partial charge is 0.222 e. The van der Waals surface area contributed by atoms with Gasteiger partial charge in [0.15, 0.2) is 0 Å². The molecule has 82 valence electrons. The SMILES string of the molecule is CN(CCC(=O)Cl)CCc1ccncc1. The van der Waals surface area contributed by atoms with Crippen LogP contribution in [0.1, 0.15) is 12.0 Å². The summed E-state index contributed by atoms with van der Waals surface area (Å²) in [5.41, 5.74) is 1.26. The van der Waals surface area contributed by atoms with Crippen LogP contribution in [0, 0.1) is 0 Å². The molecule has 0 aromatic carbocycles. The van der Waals surface area contributed by atoms with E-state index in [1.54, 1.807) is 12.4 Å². The molecule has 0 aliphatic heterocycles. The lowest BCUT2D eigenvalue weighted by molar-refractivity contribution is -0.111. The molecule has 0 amide bonds. The minimum Gasteiger partial charge on any atom is -0.306 e. The minimum atomic E-state index is -0.272. The molecule has 1 aromatic rings. The molecular weight excluding hydrogens is 212 g/mol.